The van der Waals surface area contributed by atoms with Crippen LogP contribution in [0.15, 0.2) is 42.6 Å². The van der Waals surface area contributed by atoms with Gasteiger partial charge in [0.2, 0.25) is 17.8 Å². The van der Waals surface area contributed by atoms with Gasteiger partial charge in [-0.1, -0.05) is 12.1 Å². The molecule has 0 aliphatic carbocycles. The molecule has 2 amide bonds. The third kappa shape index (κ3) is 5.06. The van der Waals surface area contributed by atoms with E-state index in [0.717, 1.165) is 30.4 Å². The van der Waals surface area contributed by atoms with Crippen molar-refractivity contribution in [3.8, 4) is 5.75 Å². The lowest BCUT2D eigenvalue weighted by molar-refractivity contribution is -0.137. The summed E-state index contributed by atoms with van der Waals surface area (Å²) in [4.78, 5) is 36.6. The number of carbonyl (C=O) groups excluding carboxylic acids is 2. The third-order valence-electron chi connectivity index (χ3n) is 8.54. The zero-order valence-electron chi connectivity index (χ0n) is 24.2. The number of anilines is 5. The lowest BCUT2D eigenvalue weighted by Gasteiger charge is -2.35. The molecule has 2 aromatic carbocycles. The van der Waals surface area contributed by atoms with Gasteiger partial charge in [-0.15, -0.1) is 0 Å². The SMILES string of the molecule is COc1cc(N2CC3CC2CN3C(C)=O)ccc1Nc1ncc(C(F)(F)F)c(NCc2cccc3c2C(C)(C)C(=O)N3)n1. The molecule has 0 saturated carbocycles. The van der Waals surface area contributed by atoms with Gasteiger partial charge in [-0.2, -0.15) is 18.2 Å². The minimum absolute atomic E-state index is 0.0121. The maximum atomic E-state index is 13.9. The van der Waals surface area contributed by atoms with Crippen LogP contribution in [0, 0.1) is 0 Å². The summed E-state index contributed by atoms with van der Waals surface area (Å²) < 4.78 is 47.4. The molecule has 226 valence electrons. The Balaban J connectivity index is 1.24. The second kappa shape index (κ2) is 10.3. The fourth-order valence-electron chi connectivity index (χ4n) is 6.40. The highest BCUT2D eigenvalue weighted by Crippen LogP contribution is 2.41. The van der Waals surface area contributed by atoms with Crippen LogP contribution in [-0.4, -0.2) is 59.0 Å². The van der Waals surface area contributed by atoms with Crippen LogP contribution in [-0.2, 0) is 27.7 Å². The van der Waals surface area contributed by atoms with Crippen molar-refractivity contribution in [1.82, 2.24) is 14.9 Å². The van der Waals surface area contributed by atoms with Crippen molar-refractivity contribution < 1.29 is 27.5 Å². The summed E-state index contributed by atoms with van der Waals surface area (Å²) in [5, 5.41) is 8.66. The number of rotatable bonds is 7. The van der Waals surface area contributed by atoms with Gasteiger partial charge in [0.25, 0.3) is 0 Å². The first kappa shape index (κ1) is 28.6. The minimum Gasteiger partial charge on any atom is -0.494 e. The predicted octanol–water partition coefficient (Wildman–Crippen LogP) is 4.90. The molecule has 3 N–H and O–H groups in total. The molecule has 2 unspecified atom stereocenters. The number of amides is 2. The lowest BCUT2D eigenvalue weighted by atomic mass is 9.83. The van der Waals surface area contributed by atoms with Gasteiger partial charge in [-0.3, -0.25) is 9.59 Å². The van der Waals surface area contributed by atoms with E-state index in [2.05, 4.69) is 30.8 Å². The molecule has 10 nitrogen and oxygen atoms in total. The standard InChI is InChI=1S/C30H32F3N7O3/c1-16(41)39-14-20-10-19(39)15-40(20)18-8-9-22(24(11-18)43-4)37-28-35-13-21(30(31,32)33)26(38-28)34-12-17-6-5-7-23-25(17)29(2,3)27(42)36-23/h5-9,11,13,19-20H,10,12,14-15H2,1-4H3,(H,36,42)(H2,34,35,37,38). The Kier molecular flexibility index (Phi) is 6.85. The molecule has 4 heterocycles. The van der Waals surface area contributed by atoms with Crippen molar-refractivity contribution >= 4 is 40.6 Å². The number of alkyl halides is 3. The molecule has 1 aromatic heterocycles. The average Bonchev–Trinajstić information content (AvgIpc) is 3.63. The Labute approximate surface area is 246 Å². The van der Waals surface area contributed by atoms with Crippen LogP contribution in [0.4, 0.5) is 42.0 Å². The number of nitrogens with one attached hydrogen (secondary N) is 3. The molecule has 2 atom stereocenters. The Morgan fingerprint density at radius 3 is 2.65 bits per heavy atom. The summed E-state index contributed by atoms with van der Waals surface area (Å²) in [5.74, 6) is -0.0558. The number of ether oxygens (including phenoxy) is 1. The smallest absolute Gasteiger partial charge is 0.421 e. The molecule has 3 aromatic rings. The number of hydrogen-bond acceptors (Lipinski definition) is 8. The van der Waals surface area contributed by atoms with Crippen LogP contribution < -0.4 is 25.6 Å². The van der Waals surface area contributed by atoms with Crippen molar-refractivity contribution in [2.45, 2.75) is 57.4 Å². The van der Waals surface area contributed by atoms with E-state index in [1.165, 1.54) is 7.11 Å². The first-order valence-electron chi connectivity index (χ1n) is 14.0. The zero-order chi connectivity index (χ0) is 30.7. The van der Waals surface area contributed by atoms with Crippen LogP contribution in [0.2, 0.25) is 0 Å². The molecule has 43 heavy (non-hydrogen) atoms. The molecule has 13 heteroatoms. The summed E-state index contributed by atoms with van der Waals surface area (Å²) in [6, 6.07) is 11.2. The largest absolute Gasteiger partial charge is 0.494 e. The number of aromatic nitrogens is 2. The second-order valence-electron chi connectivity index (χ2n) is 11.6. The molecule has 2 fully saturated rings. The highest BCUT2D eigenvalue weighted by molar-refractivity contribution is 6.06. The fourth-order valence-corrected chi connectivity index (χ4v) is 6.40. The van der Waals surface area contributed by atoms with Gasteiger partial charge in [0.05, 0.1) is 24.3 Å². The summed E-state index contributed by atoms with van der Waals surface area (Å²) >= 11 is 0. The normalized spacial score (nSPS) is 20.2. The minimum atomic E-state index is -4.69. The molecule has 0 spiro atoms. The average molecular weight is 596 g/mol. The van der Waals surface area contributed by atoms with E-state index in [9.17, 15) is 22.8 Å². The fraction of sp³-hybridized carbons (Fsp3) is 0.400. The van der Waals surface area contributed by atoms with Crippen LogP contribution in [0.5, 0.6) is 5.75 Å². The van der Waals surface area contributed by atoms with Gasteiger partial charge < -0.3 is 30.5 Å². The summed E-state index contributed by atoms with van der Waals surface area (Å²) in [6.45, 7) is 6.56. The van der Waals surface area contributed by atoms with E-state index in [4.69, 9.17) is 4.74 Å². The number of methoxy groups -OCH3 is 1. The van der Waals surface area contributed by atoms with E-state index >= 15 is 0 Å². The van der Waals surface area contributed by atoms with E-state index in [-0.39, 0.29) is 36.4 Å². The van der Waals surface area contributed by atoms with Gasteiger partial charge >= 0.3 is 6.18 Å². The molecule has 2 bridgehead atoms. The monoisotopic (exact) mass is 595 g/mol. The van der Waals surface area contributed by atoms with Gasteiger partial charge in [0, 0.05) is 56.2 Å². The van der Waals surface area contributed by atoms with Crippen molar-refractivity contribution in [1.29, 1.82) is 0 Å². The number of carbonyl (C=O) groups is 2. The third-order valence-corrected chi connectivity index (χ3v) is 8.54. The van der Waals surface area contributed by atoms with Crippen LogP contribution in [0.25, 0.3) is 0 Å². The van der Waals surface area contributed by atoms with Crippen molar-refractivity contribution in [2.24, 2.45) is 0 Å². The number of fused-ring (bicyclic) bond motifs is 3. The van der Waals surface area contributed by atoms with E-state index in [1.807, 2.05) is 17.0 Å². The number of benzene rings is 2. The number of halogens is 3. The van der Waals surface area contributed by atoms with Crippen LogP contribution in [0.1, 0.15) is 43.9 Å². The zero-order valence-corrected chi connectivity index (χ0v) is 24.2. The highest BCUT2D eigenvalue weighted by atomic mass is 19.4. The molecule has 6 rings (SSSR count). The summed E-state index contributed by atoms with van der Waals surface area (Å²) in [5.41, 5.74) is 1.64. The van der Waals surface area contributed by atoms with Crippen LogP contribution >= 0.6 is 0 Å². The second-order valence-corrected chi connectivity index (χ2v) is 11.6. The Morgan fingerprint density at radius 1 is 1.19 bits per heavy atom. The topological polar surface area (TPSA) is 112 Å². The summed E-state index contributed by atoms with van der Waals surface area (Å²) in [7, 11) is 1.51. The van der Waals surface area contributed by atoms with Gasteiger partial charge in [-0.05, 0) is 49.6 Å². The van der Waals surface area contributed by atoms with E-state index in [1.54, 1.807) is 45.0 Å². The van der Waals surface area contributed by atoms with Crippen molar-refractivity contribution in [3.05, 3.63) is 59.3 Å². The first-order valence-corrected chi connectivity index (χ1v) is 14.0. The molecule has 0 radical (unpaired) electrons. The number of likely N-dealkylation sites (tertiary alicyclic amines) is 1. The number of nitrogens with zero attached hydrogens (tertiary/aromatic N) is 4. The molecular weight excluding hydrogens is 563 g/mol. The number of hydrogen-bond donors (Lipinski definition) is 3. The Morgan fingerprint density at radius 2 is 1.98 bits per heavy atom. The summed E-state index contributed by atoms with van der Waals surface area (Å²) in [6.07, 6.45) is -3.04. The maximum Gasteiger partial charge on any atom is 0.421 e. The van der Waals surface area contributed by atoms with E-state index in [0.29, 0.717) is 29.2 Å². The van der Waals surface area contributed by atoms with Gasteiger partial charge in [0.1, 0.15) is 17.1 Å². The Bertz CT molecular complexity index is 1610. The van der Waals surface area contributed by atoms with Crippen molar-refractivity contribution in [2.75, 3.05) is 41.0 Å². The molecule has 3 aliphatic heterocycles. The molecule has 3 aliphatic rings. The number of piperazine rings is 1. The first-order chi connectivity index (χ1) is 20.4. The molecule has 2 saturated heterocycles. The maximum absolute atomic E-state index is 13.9. The lowest BCUT2D eigenvalue weighted by Crippen LogP contribution is -2.48. The van der Waals surface area contributed by atoms with Gasteiger partial charge in [0.15, 0.2) is 0 Å². The predicted molar refractivity (Wildman–Crippen MR) is 156 cm³/mol. The van der Waals surface area contributed by atoms with E-state index < -0.39 is 23.0 Å². The Hall–Kier alpha value is -4.55. The van der Waals surface area contributed by atoms with Gasteiger partial charge in [-0.25, -0.2) is 4.98 Å². The quantitative estimate of drug-likeness (QED) is 0.354. The van der Waals surface area contributed by atoms with Crippen molar-refractivity contribution in [3.63, 3.8) is 0 Å². The molecular formula is C30H32F3N7O3. The highest BCUT2D eigenvalue weighted by Gasteiger charge is 2.44. The van der Waals surface area contributed by atoms with Crippen LogP contribution in [0.3, 0.4) is 0 Å².